The zero-order valence-electron chi connectivity index (χ0n) is 17.6. The van der Waals surface area contributed by atoms with Crippen LogP contribution in [0.5, 0.6) is 11.5 Å². The van der Waals surface area contributed by atoms with Crippen molar-refractivity contribution >= 4 is 52.6 Å². The third-order valence-electron chi connectivity index (χ3n) is 3.48. The lowest BCUT2D eigenvalue weighted by Gasteiger charge is -2.14. The summed E-state index contributed by atoms with van der Waals surface area (Å²) < 4.78 is 16.8. The maximum absolute atomic E-state index is 6.24. The van der Waals surface area contributed by atoms with Crippen LogP contribution in [0.2, 0.25) is 10.0 Å². The Bertz CT molecular complexity index is 663. The van der Waals surface area contributed by atoms with Crippen molar-refractivity contribution in [1.82, 2.24) is 0 Å². The number of halogens is 4. The molecule has 0 aliphatic carbocycles. The molecule has 0 heterocycles. The van der Waals surface area contributed by atoms with E-state index in [0.717, 1.165) is 25.7 Å². The topological polar surface area (TPSA) is 49.3 Å². The molecule has 30 heavy (non-hydrogen) atoms. The Kier molecular flexibility index (Phi) is 13.6. The number of nitrogens with zero attached hydrogens (tertiary/aromatic N) is 1. The number of oxime groups is 1. The molecular formula is C21H29Cl4NO4. The highest BCUT2D eigenvalue weighted by Crippen LogP contribution is 2.37. The fourth-order valence-electron chi connectivity index (χ4n) is 2.15. The summed E-state index contributed by atoms with van der Waals surface area (Å²) in [6.45, 7) is 7.72. The molecule has 170 valence electrons. The van der Waals surface area contributed by atoms with E-state index in [-0.39, 0.29) is 16.7 Å². The van der Waals surface area contributed by atoms with Gasteiger partial charge >= 0.3 is 0 Å². The van der Waals surface area contributed by atoms with E-state index in [0.29, 0.717) is 41.4 Å². The van der Waals surface area contributed by atoms with Crippen LogP contribution in [0.1, 0.15) is 46.5 Å². The number of hydrogen-bond donors (Lipinski definition) is 0. The largest absolute Gasteiger partial charge is 0.490 e. The summed E-state index contributed by atoms with van der Waals surface area (Å²) in [7, 11) is 0. The number of benzene rings is 1. The normalized spacial score (nSPS) is 11.6. The lowest BCUT2D eigenvalue weighted by atomic mass is 10.2. The maximum Gasteiger partial charge on any atom is 0.156 e. The molecule has 1 rings (SSSR count). The average Bonchev–Trinajstić information content (AvgIpc) is 2.63. The van der Waals surface area contributed by atoms with Gasteiger partial charge in [-0.05, 0) is 46.1 Å². The summed E-state index contributed by atoms with van der Waals surface area (Å²) in [5, 5.41) is 4.65. The molecule has 0 radical (unpaired) electrons. The summed E-state index contributed by atoms with van der Waals surface area (Å²) >= 11 is 23.6. The highest BCUT2D eigenvalue weighted by molar-refractivity contribution is 6.55. The minimum atomic E-state index is -0.278. The summed E-state index contributed by atoms with van der Waals surface area (Å²) in [5.41, 5.74) is -0.278. The zero-order chi connectivity index (χ0) is 22.4. The van der Waals surface area contributed by atoms with Gasteiger partial charge in [-0.1, -0.05) is 58.0 Å². The fraction of sp³-hybridized carbons (Fsp3) is 0.571. The Morgan fingerprint density at radius 2 is 1.57 bits per heavy atom. The van der Waals surface area contributed by atoms with Crippen molar-refractivity contribution in [3.8, 4) is 11.5 Å². The summed E-state index contributed by atoms with van der Waals surface area (Å²) in [5.74, 6) is 0.967. The number of ether oxygens (including phenoxy) is 3. The second kappa shape index (κ2) is 15.0. The highest BCUT2D eigenvalue weighted by Gasteiger charge is 2.11. The molecule has 0 saturated heterocycles. The van der Waals surface area contributed by atoms with Crippen LogP contribution in [0, 0.1) is 0 Å². The summed E-state index contributed by atoms with van der Waals surface area (Å²) in [4.78, 5) is 5.22. The standard InChI is InChI=1S/C21H29Cl4NO4/c1-21(2,3)30-26-9-13-27-10-6-4-5-7-11-29-20-17(22)14-16(15-18(20)23)28-12-8-19(24)25/h8-9,14-15H,4-7,10-13H2,1-3H3. The van der Waals surface area contributed by atoms with Crippen LogP contribution in [0.15, 0.2) is 27.9 Å². The maximum atomic E-state index is 6.24. The molecule has 0 amide bonds. The second-order valence-corrected chi connectivity index (χ2v) is 9.17. The Hall–Kier alpha value is -0.850. The predicted molar refractivity (Wildman–Crippen MR) is 126 cm³/mol. The molecule has 0 atom stereocenters. The molecule has 0 aliphatic heterocycles. The molecule has 0 aromatic heterocycles. The molecule has 0 unspecified atom stereocenters. The van der Waals surface area contributed by atoms with Gasteiger partial charge in [0.15, 0.2) is 5.75 Å². The molecule has 1 aromatic rings. The van der Waals surface area contributed by atoms with Crippen LogP contribution < -0.4 is 9.47 Å². The van der Waals surface area contributed by atoms with E-state index in [9.17, 15) is 0 Å². The molecule has 0 saturated carbocycles. The monoisotopic (exact) mass is 499 g/mol. The number of rotatable bonds is 14. The second-order valence-electron chi connectivity index (χ2n) is 7.35. The van der Waals surface area contributed by atoms with Crippen LogP contribution in [0.25, 0.3) is 0 Å². The molecule has 0 N–H and O–H groups in total. The minimum absolute atomic E-state index is 0.137. The Morgan fingerprint density at radius 1 is 0.933 bits per heavy atom. The molecule has 5 nitrogen and oxygen atoms in total. The van der Waals surface area contributed by atoms with E-state index >= 15 is 0 Å². The van der Waals surface area contributed by atoms with Gasteiger partial charge in [0, 0.05) is 18.7 Å². The van der Waals surface area contributed by atoms with E-state index in [1.807, 2.05) is 20.8 Å². The van der Waals surface area contributed by atoms with Gasteiger partial charge in [0.1, 0.15) is 22.4 Å². The van der Waals surface area contributed by atoms with Crippen LogP contribution in [-0.4, -0.2) is 38.2 Å². The zero-order valence-corrected chi connectivity index (χ0v) is 20.6. The van der Waals surface area contributed by atoms with Crippen LogP contribution >= 0.6 is 46.4 Å². The predicted octanol–water partition coefficient (Wildman–Crippen LogP) is 7.45. The van der Waals surface area contributed by atoms with Gasteiger partial charge in [0.2, 0.25) is 0 Å². The van der Waals surface area contributed by atoms with Crippen LogP contribution in [0.3, 0.4) is 0 Å². The van der Waals surface area contributed by atoms with Gasteiger partial charge in [-0.3, -0.25) is 0 Å². The third-order valence-corrected chi connectivity index (χ3v) is 4.35. The summed E-state index contributed by atoms with van der Waals surface area (Å²) in [6.07, 6.45) is 7.09. The lowest BCUT2D eigenvalue weighted by molar-refractivity contribution is 0.000668. The van der Waals surface area contributed by atoms with E-state index in [1.54, 1.807) is 18.3 Å². The van der Waals surface area contributed by atoms with Gasteiger partial charge in [0.05, 0.1) is 29.5 Å². The minimum Gasteiger partial charge on any atom is -0.490 e. The molecular weight excluding hydrogens is 472 g/mol. The fourth-order valence-corrected chi connectivity index (χ4v) is 2.86. The molecule has 9 heteroatoms. The van der Waals surface area contributed by atoms with Gasteiger partial charge in [0.25, 0.3) is 0 Å². The third kappa shape index (κ3) is 13.5. The van der Waals surface area contributed by atoms with Crippen LogP contribution in [0.4, 0.5) is 0 Å². The van der Waals surface area contributed by atoms with Crippen molar-refractivity contribution in [3.63, 3.8) is 0 Å². The Balaban J connectivity index is 2.16. The molecule has 0 bridgehead atoms. The molecule has 1 aromatic carbocycles. The smallest absolute Gasteiger partial charge is 0.156 e. The van der Waals surface area contributed by atoms with Crippen molar-refractivity contribution < 1.29 is 19.0 Å². The van der Waals surface area contributed by atoms with Gasteiger partial charge in [-0.15, -0.1) is 0 Å². The summed E-state index contributed by atoms with van der Waals surface area (Å²) in [6, 6.07) is 3.29. The van der Waals surface area contributed by atoms with E-state index in [2.05, 4.69) is 5.16 Å². The van der Waals surface area contributed by atoms with E-state index < -0.39 is 0 Å². The van der Waals surface area contributed by atoms with Crippen LogP contribution in [-0.2, 0) is 9.57 Å². The van der Waals surface area contributed by atoms with Crippen molar-refractivity contribution in [2.75, 3.05) is 26.4 Å². The molecule has 0 fully saturated rings. The first-order chi connectivity index (χ1) is 14.2. The first-order valence-electron chi connectivity index (χ1n) is 9.72. The Morgan fingerprint density at radius 3 is 2.17 bits per heavy atom. The van der Waals surface area contributed by atoms with Crippen molar-refractivity contribution in [1.29, 1.82) is 0 Å². The lowest BCUT2D eigenvalue weighted by Crippen LogP contribution is -2.15. The highest BCUT2D eigenvalue weighted by atomic mass is 35.5. The van der Waals surface area contributed by atoms with Crippen molar-refractivity contribution in [3.05, 3.63) is 32.7 Å². The number of unbranched alkanes of at least 4 members (excludes halogenated alkanes) is 3. The quantitative estimate of drug-likeness (QED) is 0.151. The SMILES string of the molecule is CC(C)(C)ON=CCOCCCCCCOc1c(Cl)cc(OCC=C(Cl)Cl)cc1Cl. The van der Waals surface area contributed by atoms with Crippen molar-refractivity contribution in [2.24, 2.45) is 5.16 Å². The Labute approximate surface area is 199 Å². The average molecular weight is 501 g/mol. The molecule has 0 aliphatic rings. The van der Waals surface area contributed by atoms with Gasteiger partial charge < -0.3 is 19.0 Å². The van der Waals surface area contributed by atoms with Gasteiger partial charge in [-0.25, -0.2) is 0 Å². The van der Waals surface area contributed by atoms with E-state index in [1.165, 1.54) is 6.08 Å². The van der Waals surface area contributed by atoms with E-state index in [4.69, 9.17) is 65.5 Å². The molecule has 0 spiro atoms. The first kappa shape index (κ1) is 27.2. The number of hydrogen-bond acceptors (Lipinski definition) is 5. The van der Waals surface area contributed by atoms with Gasteiger partial charge in [-0.2, -0.15) is 0 Å². The first-order valence-corrected chi connectivity index (χ1v) is 11.2. The van der Waals surface area contributed by atoms with Crippen molar-refractivity contribution in [2.45, 2.75) is 52.1 Å².